The Morgan fingerprint density at radius 3 is 2.31 bits per heavy atom. The molecule has 3 N–H and O–H groups in total. The number of aryl methyl sites for hydroxylation is 1. The Morgan fingerprint density at radius 1 is 1.00 bits per heavy atom. The SMILES string of the molecule is CC.CCOC(=O)C(C)NP(COc1ccc(Cn2c(COC(N)=O)nc(C(C)C)c2Sc2cc(C)cc(Cl)c2)cc1)Oc1ccccc1. The zero-order valence-electron chi connectivity index (χ0n) is 29.1. The summed E-state index contributed by atoms with van der Waals surface area (Å²) < 4.78 is 24.6. The number of benzene rings is 3. The molecule has 4 aromatic rings. The molecule has 264 valence electrons. The van der Waals surface area contributed by atoms with Gasteiger partial charge in [-0.1, -0.05) is 81.4 Å². The van der Waals surface area contributed by atoms with Crippen LogP contribution in [0.1, 0.15) is 70.1 Å². The van der Waals surface area contributed by atoms with Crippen molar-refractivity contribution in [1.82, 2.24) is 14.6 Å². The lowest BCUT2D eigenvalue weighted by Gasteiger charge is -2.22. The van der Waals surface area contributed by atoms with Crippen molar-refractivity contribution in [1.29, 1.82) is 0 Å². The molecule has 1 heterocycles. The maximum atomic E-state index is 12.3. The first-order valence-corrected chi connectivity index (χ1v) is 18.8. The number of hydrogen-bond donors (Lipinski definition) is 2. The molecular weight excluding hydrogens is 683 g/mol. The number of nitrogens with two attached hydrogens (primary N) is 1. The maximum Gasteiger partial charge on any atom is 0.404 e. The molecular formula is C36H46ClN4O6PS. The highest BCUT2D eigenvalue weighted by molar-refractivity contribution is 7.99. The lowest BCUT2D eigenvalue weighted by atomic mass is 10.1. The third kappa shape index (κ3) is 12.6. The van der Waals surface area contributed by atoms with Gasteiger partial charge in [0.15, 0.2) is 13.0 Å². The van der Waals surface area contributed by atoms with Gasteiger partial charge in [-0.15, -0.1) is 0 Å². The standard InChI is InChI=1S/C34H40ClN4O6PS.C2H6/c1-6-42-33(40)24(5)38-46(45-28-10-8-7-9-11-28)21-44-27-14-12-25(13-15-27)19-39-30(20-43-34(36)41)37-31(22(2)3)32(39)47-29-17-23(4)16-26(35)18-29;1-2/h7-18,22,24,38H,6,19-21H2,1-5H3,(H2,36,41);1-2H3. The highest BCUT2D eigenvalue weighted by Gasteiger charge is 2.23. The number of halogens is 1. The number of nitrogens with one attached hydrogen (secondary N) is 1. The summed E-state index contributed by atoms with van der Waals surface area (Å²) in [7, 11) is -1.39. The lowest BCUT2D eigenvalue weighted by molar-refractivity contribution is -0.144. The largest absolute Gasteiger partial charge is 0.484 e. The van der Waals surface area contributed by atoms with Crippen LogP contribution in [0.2, 0.25) is 5.02 Å². The van der Waals surface area contributed by atoms with E-state index >= 15 is 0 Å². The topological polar surface area (TPSA) is 127 Å². The Hall–Kier alpha value is -3.76. The summed E-state index contributed by atoms with van der Waals surface area (Å²) in [6, 6.07) is 22.4. The molecule has 0 bridgehead atoms. The van der Waals surface area contributed by atoms with Crippen molar-refractivity contribution in [3.8, 4) is 11.5 Å². The molecule has 2 unspecified atom stereocenters. The molecule has 13 heteroatoms. The van der Waals surface area contributed by atoms with Gasteiger partial charge in [0.1, 0.15) is 28.4 Å². The van der Waals surface area contributed by atoms with E-state index in [0.717, 1.165) is 26.7 Å². The first-order chi connectivity index (χ1) is 23.5. The van der Waals surface area contributed by atoms with Gasteiger partial charge in [0.25, 0.3) is 0 Å². The van der Waals surface area contributed by atoms with Crippen molar-refractivity contribution >= 4 is 43.7 Å². The number of hydrogen-bond acceptors (Lipinski definition) is 9. The quantitative estimate of drug-likeness (QED) is 0.0858. The van der Waals surface area contributed by atoms with E-state index in [2.05, 4.69) is 25.0 Å². The fraction of sp³-hybridized carbons (Fsp3) is 0.361. The summed E-state index contributed by atoms with van der Waals surface area (Å²) in [5.74, 6) is 1.64. The average molecular weight is 729 g/mol. The second-order valence-corrected chi connectivity index (χ2v) is 13.9. The molecule has 2 atom stereocenters. The maximum absolute atomic E-state index is 12.3. The Kier molecular flexibility index (Phi) is 16.2. The number of amides is 1. The van der Waals surface area contributed by atoms with Crippen LogP contribution in [0.15, 0.2) is 82.7 Å². The van der Waals surface area contributed by atoms with Crippen LogP contribution in [-0.2, 0) is 27.4 Å². The van der Waals surface area contributed by atoms with Crippen LogP contribution in [0.25, 0.3) is 0 Å². The first kappa shape index (κ1) is 39.7. The van der Waals surface area contributed by atoms with E-state index < -0.39 is 20.4 Å². The van der Waals surface area contributed by atoms with Crippen molar-refractivity contribution in [2.75, 3.05) is 13.0 Å². The van der Waals surface area contributed by atoms with Crippen molar-refractivity contribution in [3.05, 3.63) is 100 Å². The van der Waals surface area contributed by atoms with E-state index in [0.29, 0.717) is 35.5 Å². The normalized spacial score (nSPS) is 12.0. The number of nitrogens with zero attached hydrogens (tertiary/aromatic N) is 2. The molecule has 0 fully saturated rings. The van der Waals surface area contributed by atoms with E-state index in [-0.39, 0.29) is 24.8 Å². The molecule has 10 nitrogen and oxygen atoms in total. The van der Waals surface area contributed by atoms with E-state index in [1.165, 1.54) is 0 Å². The predicted molar refractivity (Wildman–Crippen MR) is 197 cm³/mol. The lowest BCUT2D eigenvalue weighted by Crippen LogP contribution is -2.34. The zero-order chi connectivity index (χ0) is 35.9. The number of ether oxygens (including phenoxy) is 3. The minimum Gasteiger partial charge on any atom is -0.484 e. The van der Waals surface area contributed by atoms with Crippen LogP contribution < -0.4 is 20.1 Å². The number of carbonyl (C=O) groups excluding carboxylic acids is 2. The van der Waals surface area contributed by atoms with E-state index in [9.17, 15) is 9.59 Å². The molecule has 1 aromatic heterocycles. The summed E-state index contributed by atoms with van der Waals surface area (Å²) in [6.07, 6.45) is -0.671. The molecule has 0 saturated heterocycles. The van der Waals surface area contributed by atoms with Crippen LogP contribution >= 0.6 is 31.7 Å². The molecule has 0 radical (unpaired) electrons. The van der Waals surface area contributed by atoms with Gasteiger partial charge in [-0.25, -0.2) is 14.9 Å². The molecule has 0 aliphatic carbocycles. The molecule has 3 aromatic carbocycles. The van der Waals surface area contributed by atoms with Crippen molar-refractivity contribution < 1.29 is 28.3 Å². The highest BCUT2D eigenvalue weighted by atomic mass is 35.5. The third-order valence-corrected chi connectivity index (χ3v) is 9.48. The van der Waals surface area contributed by atoms with Gasteiger partial charge in [-0.05, 0) is 80.3 Å². The monoisotopic (exact) mass is 728 g/mol. The van der Waals surface area contributed by atoms with Gasteiger partial charge in [-0.2, -0.15) is 0 Å². The fourth-order valence-corrected chi connectivity index (χ4v) is 7.54. The number of imidazole rings is 1. The Labute approximate surface area is 299 Å². The fourth-order valence-electron chi connectivity index (χ4n) is 4.51. The van der Waals surface area contributed by atoms with E-state index in [4.69, 9.17) is 41.1 Å². The van der Waals surface area contributed by atoms with Gasteiger partial charge >= 0.3 is 12.1 Å². The van der Waals surface area contributed by atoms with Crippen molar-refractivity contribution in [2.24, 2.45) is 5.73 Å². The Balaban J connectivity index is 0.00000319. The molecule has 49 heavy (non-hydrogen) atoms. The van der Waals surface area contributed by atoms with E-state index in [1.807, 2.05) is 92.1 Å². The van der Waals surface area contributed by atoms with Crippen LogP contribution in [0.5, 0.6) is 11.5 Å². The summed E-state index contributed by atoms with van der Waals surface area (Å²) in [6.45, 7) is 14.3. The van der Waals surface area contributed by atoms with Gasteiger partial charge < -0.3 is 29.0 Å². The Morgan fingerprint density at radius 2 is 1.69 bits per heavy atom. The minimum absolute atomic E-state index is 0.0619. The highest BCUT2D eigenvalue weighted by Crippen LogP contribution is 2.38. The minimum atomic E-state index is -1.39. The molecule has 0 spiro atoms. The van der Waals surface area contributed by atoms with Crippen LogP contribution in [0, 0.1) is 6.92 Å². The van der Waals surface area contributed by atoms with Crippen LogP contribution in [0.4, 0.5) is 4.79 Å². The number of primary amides is 1. The number of rotatable bonds is 16. The zero-order valence-corrected chi connectivity index (χ0v) is 31.5. The first-order valence-electron chi connectivity index (χ1n) is 16.1. The predicted octanol–water partition coefficient (Wildman–Crippen LogP) is 9.06. The number of esters is 1. The molecule has 0 aliphatic heterocycles. The smallest absolute Gasteiger partial charge is 0.404 e. The second-order valence-electron chi connectivity index (χ2n) is 10.9. The van der Waals surface area contributed by atoms with Gasteiger partial charge in [0, 0.05) is 16.5 Å². The summed E-state index contributed by atoms with van der Waals surface area (Å²) in [4.78, 5) is 29.6. The van der Waals surface area contributed by atoms with E-state index in [1.54, 1.807) is 25.6 Å². The van der Waals surface area contributed by atoms with Crippen molar-refractivity contribution in [3.63, 3.8) is 0 Å². The summed E-state index contributed by atoms with van der Waals surface area (Å²) in [5.41, 5.74) is 8.21. The van der Waals surface area contributed by atoms with Gasteiger partial charge in [-0.3, -0.25) is 4.79 Å². The second kappa shape index (κ2) is 20.0. The molecule has 0 saturated carbocycles. The molecule has 4 rings (SSSR count). The van der Waals surface area contributed by atoms with Gasteiger partial charge in [0.2, 0.25) is 8.30 Å². The van der Waals surface area contributed by atoms with Crippen molar-refractivity contribution in [2.45, 2.75) is 83.5 Å². The number of aromatic nitrogens is 2. The van der Waals surface area contributed by atoms with Crippen LogP contribution in [0.3, 0.4) is 0 Å². The summed E-state index contributed by atoms with van der Waals surface area (Å²) >= 11 is 7.94. The molecule has 1 amide bonds. The number of carbonyl (C=O) groups is 2. The average Bonchev–Trinajstić information content (AvgIpc) is 3.40. The van der Waals surface area contributed by atoms with Crippen LogP contribution in [-0.4, -0.2) is 40.6 Å². The third-order valence-electron chi connectivity index (χ3n) is 6.70. The van der Waals surface area contributed by atoms with Gasteiger partial charge in [0.05, 0.1) is 12.3 Å². The summed E-state index contributed by atoms with van der Waals surface area (Å²) in [5, 5.41) is 4.79. The number of para-hydroxylation sites is 1. The Bertz CT molecular complexity index is 1620. The molecule has 0 aliphatic rings.